The summed E-state index contributed by atoms with van der Waals surface area (Å²) in [4.78, 5) is 0. The van der Waals surface area contributed by atoms with Gasteiger partial charge in [0, 0.05) is 28.9 Å². The fraction of sp³-hybridized carbons (Fsp3) is 0.583. The minimum absolute atomic E-state index is 0.0516. The number of halogens is 1. The lowest BCUT2D eigenvalue weighted by Gasteiger charge is -2.39. The van der Waals surface area contributed by atoms with Gasteiger partial charge >= 0.3 is 0 Å². The van der Waals surface area contributed by atoms with Crippen LogP contribution in [-0.4, -0.2) is 16.3 Å². The van der Waals surface area contributed by atoms with E-state index in [1.807, 2.05) is 0 Å². The Morgan fingerprint density at radius 2 is 1.68 bits per heavy atom. The number of hydrogen-bond acceptors (Lipinski definition) is 3. The Morgan fingerprint density at radius 1 is 1.04 bits per heavy atom. The van der Waals surface area contributed by atoms with E-state index >= 15 is 0 Å². The van der Waals surface area contributed by atoms with Crippen molar-refractivity contribution in [1.29, 1.82) is 0 Å². The molecule has 0 spiro atoms. The minimum Gasteiger partial charge on any atom is -0.508 e. The fourth-order valence-electron chi connectivity index (χ4n) is 4.22. The topological polar surface area (TPSA) is 52.5 Å². The van der Waals surface area contributed by atoms with E-state index < -0.39 is 11.9 Å². The van der Waals surface area contributed by atoms with E-state index in [1.165, 1.54) is 17.7 Å². The lowest BCUT2D eigenvalue weighted by Crippen LogP contribution is -2.34. The third-order valence-electron chi connectivity index (χ3n) is 5.54. The third kappa shape index (κ3) is 4.78. The van der Waals surface area contributed by atoms with Crippen molar-refractivity contribution in [1.82, 2.24) is 5.32 Å². The SMILES string of the molecule is CCCCCC1=C(C(C)C)NC(C(C)C)=C([C@H](C)O)[C@H]1c1ccc(F)cc1O. The normalized spacial score (nSPS) is 18.9. The number of nitrogens with one attached hydrogen (secondary N) is 1. The standard InChI is InChI=1S/C24H36FNO2/c1-7-8-9-10-19-22(18-12-11-17(25)13-20(18)28)21(16(6)27)24(15(4)5)26-23(19)14(2)3/h11-16,22,26-28H,7-10H2,1-6H3/t16-,22-/m0/s1. The lowest BCUT2D eigenvalue weighted by atomic mass is 9.73. The second-order valence-corrected chi connectivity index (χ2v) is 8.51. The van der Waals surface area contributed by atoms with Gasteiger partial charge < -0.3 is 15.5 Å². The number of hydrogen-bond donors (Lipinski definition) is 3. The van der Waals surface area contributed by atoms with E-state index in [2.05, 4.69) is 39.9 Å². The number of dihydropyridines is 1. The van der Waals surface area contributed by atoms with Crippen LogP contribution in [0, 0.1) is 17.7 Å². The number of aromatic hydroxyl groups is 1. The Hall–Kier alpha value is -1.81. The largest absolute Gasteiger partial charge is 0.508 e. The predicted octanol–water partition coefficient (Wildman–Crippen LogP) is 6.00. The molecule has 28 heavy (non-hydrogen) atoms. The van der Waals surface area contributed by atoms with Crippen LogP contribution in [0.3, 0.4) is 0 Å². The summed E-state index contributed by atoms with van der Waals surface area (Å²) in [5.41, 5.74) is 4.92. The molecule has 0 fully saturated rings. The van der Waals surface area contributed by atoms with E-state index in [0.29, 0.717) is 5.56 Å². The maximum atomic E-state index is 13.7. The van der Waals surface area contributed by atoms with Gasteiger partial charge in [0.05, 0.1) is 6.10 Å². The van der Waals surface area contributed by atoms with Gasteiger partial charge in [-0.25, -0.2) is 4.39 Å². The van der Waals surface area contributed by atoms with Gasteiger partial charge in [-0.15, -0.1) is 0 Å². The molecule has 0 aromatic heterocycles. The molecule has 0 radical (unpaired) electrons. The van der Waals surface area contributed by atoms with Gasteiger partial charge in [-0.1, -0.05) is 53.5 Å². The van der Waals surface area contributed by atoms with Crippen molar-refractivity contribution in [3.8, 4) is 5.75 Å². The number of aliphatic hydroxyl groups excluding tert-OH is 1. The number of aliphatic hydroxyl groups is 1. The van der Waals surface area contributed by atoms with E-state index in [-0.39, 0.29) is 23.5 Å². The second-order valence-electron chi connectivity index (χ2n) is 8.51. The monoisotopic (exact) mass is 389 g/mol. The maximum absolute atomic E-state index is 13.7. The molecular weight excluding hydrogens is 353 g/mol. The predicted molar refractivity (Wildman–Crippen MR) is 113 cm³/mol. The molecular formula is C24H36FNO2. The Labute approximate surface area is 169 Å². The quantitative estimate of drug-likeness (QED) is 0.478. The Kier molecular flexibility index (Phi) is 7.70. The van der Waals surface area contributed by atoms with Gasteiger partial charge in [-0.3, -0.25) is 0 Å². The Morgan fingerprint density at radius 3 is 2.18 bits per heavy atom. The number of rotatable bonds is 8. The van der Waals surface area contributed by atoms with Gasteiger partial charge in [-0.2, -0.15) is 0 Å². The van der Waals surface area contributed by atoms with Crippen molar-refractivity contribution in [3.05, 3.63) is 52.1 Å². The first-order chi connectivity index (χ1) is 13.2. The van der Waals surface area contributed by atoms with Gasteiger partial charge in [0.1, 0.15) is 11.6 Å². The zero-order chi connectivity index (χ0) is 21.0. The van der Waals surface area contributed by atoms with Crippen LogP contribution in [0.1, 0.15) is 78.7 Å². The zero-order valence-corrected chi connectivity index (χ0v) is 18.1. The first-order valence-corrected chi connectivity index (χ1v) is 10.6. The van der Waals surface area contributed by atoms with Gasteiger partial charge in [0.15, 0.2) is 0 Å². The van der Waals surface area contributed by atoms with Crippen molar-refractivity contribution in [3.63, 3.8) is 0 Å². The molecule has 3 N–H and O–H groups in total. The van der Waals surface area contributed by atoms with Crippen molar-refractivity contribution >= 4 is 0 Å². The van der Waals surface area contributed by atoms with Crippen LogP contribution < -0.4 is 5.32 Å². The highest BCUT2D eigenvalue weighted by Gasteiger charge is 2.36. The molecule has 0 saturated carbocycles. The van der Waals surface area contributed by atoms with Gasteiger partial charge in [-0.05, 0) is 48.8 Å². The molecule has 0 aliphatic carbocycles. The van der Waals surface area contributed by atoms with Crippen molar-refractivity contribution in [2.24, 2.45) is 11.8 Å². The van der Waals surface area contributed by atoms with Gasteiger partial charge in [0.25, 0.3) is 0 Å². The zero-order valence-electron chi connectivity index (χ0n) is 18.1. The first kappa shape index (κ1) is 22.5. The lowest BCUT2D eigenvalue weighted by molar-refractivity contribution is 0.219. The molecule has 3 nitrogen and oxygen atoms in total. The number of allylic oxidation sites excluding steroid dienone is 3. The second kappa shape index (κ2) is 9.60. The van der Waals surface area contributed by atoms with Crippen LogP contribution >= 0.6 is 0 Å². The summed E-state index contributed by atoms with van der Waals surface area (Å²) in [6.07, 6.45) is 3.51. The highest BCUT2D eigenvalue weighted by molar-refractivity contribution is 5.52. The average molecular weight is 390 g/mol. The molecule has 0 bridgehead atoms. The molecule has 0 saturated heterocycles. The number of benzene rings is 1. The molecule has 2 rings (SSSR count). The molecule has 0 amide bonds. The summed E-state index contributed by atoms with van der Waals surface area (Å²) in [7, 11) is 0. The minimum atomic E-state index is -0.672. The van der Waals surface area contributed by atoms with E-state index in [4.69, 9.17) is 0 Å². The van der Waals surface area contributed by atoms with Crippen molar-refractivity contribution < 1.29 is 14.6 Å². The number of phenolic OH excluding ortho intramolecular Hbond substituents is 1. The van der Waals surface area contributed by atoms with E-state index in [9.17, 15) is 14.6 Å². The van der Waals surface area contributed by atoms with Crippen molar-refractivity contribution in [2.45, 2.75) is 79.2 Å². The maximum Gasteiger partial charge on any atom is 0.126 e. The van der Waals surface area contributed by atoms with Gasteiger partial charge in [0.2, 0.25) is 0 Å². The molecule has 2 atom stereocenters. The molecule has 156 valence electrons. The molecule has 1 aromatic rings. The highest BCUT2D eigenvalue weighted by Crippen LogP contribution is 2.46. The summed E-state index contributed by atoms with van der Waals surface area (Å²) in [6, 6.07) is 4.23. The first-order valence-electron chi connectivity index (χ1n) is 10.6. The molecule has 1 heterocycles. The molecule has 1 aliphatic heterocycles. The van der Waals surface area contributed by atoms with Crippen LogP contribution in [0.5, 0.6) is 5.75 Å². The Balaban J connectivity index is 2.73. The van der Waals surface area contributed by atoms with Crippen LogP contribution in [0.2, 0.25) is 0 Å². The van der Waals surface area contributed by atoms with E-state index in [0.717, 1.165) is 42.7 Å². The summed E-state index contributed by atoms with van der Waals surface area (Å²) in [5, 5.41) is 24.9. The number of phenols is 1. The number of unbranched alkanes of at least 4 members (excludes halogenated alkanes) is 2. The van der Waals surface area contributed by atoms with E-state index in [1.54, 1.807) is 13.0 Å². The summed E-state index contributed by atoms with van der Waals surface area (Å²) in [5.74, 6) is -0.271. The molecule has 1 aromatic carbocycles. The highest BCUT2D eigenvalue weighted by atomic mass is 19.1. The average Bonchev–Trinajstić information content (AvgIpc) is 2.60. The summed E-state index contributed by atoms with van der Waals surface area (Å²) in [6.45, 7) is 12.5. The fourth-order valence-corrected chi connectivity index (χ4v) is 4.22. The van der Waals surface area contributed by atoms with Crippen LogP contribution in [0.4, 0.5) is 4.39 Å². The summed E-state index contributed by atoms with van der Waals surface area (Å²) >= 11 is 0. The van der Waals surface area contributed by atoms with Crippen LogP contribution in [0.25, 0.3) is 0 Å². The molecule has 4 heteroatoms. The summed E-state index contributed by atoms with van der Waals surface area (Å²) < 4.78 is 13.7. The van der Waals surface area contributed by atoms with Crippen molar-refractivity contribution in [2.75, 3.05) is 0 Å². The smallest absolute Gasteiger partial charge is 0.126 e. The molecule has 0 unspecified atom stereocenters. The van der Waals surface area contributed by atoms with Crippen LogP contribution in [0.15, 0.2) is 40.7 Å². The third-order valence-corrected chi connectivity index (χ3v) is 5.54. The molecule has 1 aliphatic rings. The van der Waals surface area contributed by atoms with Crippen LogP contribution in [-0.2, 0) is 0 Å². The Bertz CT molecular complexity index is 747.